The third kappa shape index (κ3) is 2.84. The van der Waals surface area contributed by atoms with Crippen LogP contribution in [0.2, 0.25) is 0 Å². The maximum absolute atomic E-state index is 13.5. The lowest BCUT2D eigenvalue weighted by Crippen LogP contribution is -2.07. The molecule has 3 N–H and O–H groups in total. The molecule has 1 aliphatic carbocycles. The third-order valence-corrected chi connectivity index (χ3v) is 3.17. The lowest BCUT2D eigenvalue weighted by atomic mass is 10.2. The smallest absolute Gasteiger partial charge is 0.136 e. The Kier molecular flexibility index (Phi) is 3.22. The number of halogens is 2. The van der Waals surface area contributed by atoms with Gasteiger partial charge in [-0.2, -0.15) is 0 Å². The second kappa shape index (κ2) is 5.03. The minimum atomic E-state index is -0.468. The molecule has 1 aliphatic rings. The van der Waals surface area contributed by atoms with Crippen LogP contribution in [0.1, 0.15) is 30.1 Å². The van der Waals surface area contributed by atoms with Crippen LogP contribution < -0.4 is 11.1 Å². The highest BCUT2D eigenvalue weighted by molar-refractivity contribution is 5.45. The minimum Gasteiger partial charge on any atom is -0.384 e. The molecule has 104 valence electrons. The van der Waals surface area contributed by atoms with Crippen LogP contribution in [0.15, 0.2) is 24.3 Å². The van der Waals surface area contributed by atoms with Crippen molar-refractivity contribution in [1.82, 2.24) is 9.97 Å². The van der Waals surface area contributed by atoms with Crippen molar-refractivity contribution in [3.05, 3.63) is 47.3 Å². The summed E-state index contributed by atoms with van der Waals surface area (Å²) in [5.41, 5.74) is 5.97. The van der Waals surface area contributed by atoms with Crippen molar-refractivity contribution >= 4 is 11.6 Å². The number of nitrogens with two attached hydrogens (primary N) is 1. The first-order valence-corrected chi connectivity index (χ1v) is 6.44. The number of aromatic nitrogens is 2. The van der Waals surface area contributed by atoms with Crippen molar-refractivity contribution < 1.29 is 8.78 Å². The zero-order valence-corrected chi connectivity index (χ0v) is 10.7. The van der Waals surface area contributed by atoms with Crippen molar-refractivity contribution in [1.29, 1.82) is 0 Å². The standard InChI is InChI=1S/C14H14F2N4/c15-10-3-4-11(16)9(5-10)7-18-13-6-12(17)19-14(20-13)8-1-2-8/h3-6,8H,1-2,7H2,(H3,17,18,19,20). The van der Waals surface area contributed by atoms with Gasteiger partial charge in [-0.3, -0.25) is 0 Å². The van der Waals surface area contributed by atoms with Crippen LogP contribution in [0.25, 0.3) is 0 Å². The van der Waals surface area contributed by atoms with Crippen molar-refractivity contribution in [3.8, 4) is 0 Å². The average molecular weight is 276 g/mol. The van der Waals surface area contributed by atoms with E-state index < -0.39 is 11.6 Å². The lowest BCUT2D eigenvalue weighted by molar-refractivity contribution is 0.587. The second-order valence-electron chi connectivity index (χ2n) is 4.90. The van der Waals surface area contributed by atoms with E-state index in [4.69, 9.17) is 5.73 Å². The van der Waals surface area contributed by atoms with Crippen molar-refractivity contribution in [2.24, 2.45) is 0 Å². The number of hydrogen-bond acceptors (Lipinski definition) is 4. The molecule has 1 aromatic carbocycles. The Morgan fingerprint density at radius 1 is 1.20 bits per heavy atom. The summed E-state index contributed by atoms with van der Waals surface area (Å²) in [6.45, 7) is 0.143. The van der Waals surface area contributed by atoms with E-state index >= 15 is 0 Å². The zero-order valence-electron chi connectivity index (χ0n) is 10.7. The van der Waals surface area contributed by atoms with Gasteiger partial charge in [0.1, 0.15) is 29.1 Å². The Balaban J connectivity index is 1.76. The number of rotatable bonds is 4. The van der Waals surface area contributed by atoms with Crippen LogP contribution in [-0.4, -0.2) is 9.97 Å². The molecule has 3 rings (SSSR count). The fraction of sp³-hybridized carbons (Fsp3) is 0.286. The van der Waals surface area contributed by atoms with E-state index in [0.717, 1.165) is 31.0 Å². The van der Waals surface area contributed by atoms with Gasteiger partial charge in [0.15, 0.2) is 0 Å². The van der Waals surface area contributed by atoms with E-state index in [-0.39, 0.29) is 12.1 Å². The highest BCUT2D eigenvalue weighted by atomic mass is 19.1. The molecule has 1 heterocycles. The number of hydrogen-bond donors (Lipinski definition) is 2. The number of anilines is 2. The summed E-state index contributed by atoms with van der Waals surface area (Å²) in [5, 5.41) is 2.96. The molecule has 1 saturated carbocycles. The molecule has 0 atom stereocenters. The first-order chi connectivity index (χ1) is 9.61. The van der Waals surface area contributed by atoms with Gasteiger partial charge in [-0.25, -0.2) is 18.7 Å². The molecule has 0 unspecified atom stereocenters. The highest BCUT2D eigenvalue weighted by Gasteiger charge is 2.27. The van der Waals surface area contributed by atoms with E-state index in [1.54, 1.807) is 6.07 Å². The van der Waals surface area contributed by atoms with Gasteiger partial charge in [-0.15, -0.1) is 0 Å². The second-order valence-corrected chi connectivity index (χ2v) is 4.90. The first kappa shape index (κ1) is 12.8. The van der Waals surface area contributed by atoms with Gasteiger partial charge in [0, 0.05) is 24.1 Å². The van der Waals surface area contributed by atoms with Gasteiger partial charge in [-0.1, -0.05) is 0 Å². The Bertz CT molecular complexity index is 641. The summed E-state index contributed by atoms with van der Waals surface area (Å²) in [7, 11) is 0. The summed E-state index contributed by atoms with van der Waals surface area (Å²) in [5.74, 6) is 1.08. The van der Waals surface area contributed by atoms with Crippen molar-refractivity contribution in [3.63, 3.8) is 0 Å². The maximum Gasteiger partial charge on any atom is 0.136 e. The summed E-state index contributed by atoms with van der Waals surface area (Å²) in [4.78, 5) is 8.52. The van der Waals surface area contributed by atoms with E-state index in [0.29, 0.717) is 23.4 Å². The SMILES string of the molecule is Nc1cc(NCc2cc(F)ccc2F)nc(C2CC2)n1. The predicted molar refractivity (Wildman–Crippen MR) is 72.1 cm³/mol. The zero-order chi connectivity index (χ0) is 14.1. The first-order valence-electron chi connectivity index (χ1n) is 6.44. The monoisotopic (exact) mass is 276 g/mol. The Labute approximate surface area is 115 Å². The van der Waals surface area contributed by atoms with Gasteiger partial charge >= 0.3 is 0 Å². The third-order valence-electron chi connectivity index (χ3n) is 3.17. The van der Waals surface area contributed by atoms with Gasteiger partial charge in [-0.05, 0) is 31.0 Å². The Morgan fingerprint density at radius 3 is 2.75 bits per heavy atom. The number of benzene rings is 1. The van der Waals surface area contributed by atoms with Crippen LogP contribution in [-0.2, 0) is 6.54 Å². The molecule has 0 aliphatic heterocycles. The molecule has 1 fully saturated rings. The Morgan fingerprint density at radius 2 is 2.00 bits per heavy atom. The van der Waals surface area contributed by atoms with Crippen LogP contribution in [0, 0.1) is 11.6 Å². The molecular weight excluding hydrogens is 262 g/mol. The van der Waals surface area contributed by atoms with Gasteiger partial charge in [0.2, 0.25) is 0 Å². The Hall–Kier alpha value is -2.24. The van der Waals surface area contributed by atoms with E-state index in [2.05, 4.69) is 15.3 Å². The van der Waals surface area contributed by atoms with Crippen LogP contribution in [0.4, 0.5) is 20.4 Å². The average Bonchev–Trinajstić information content (AvgIpc) is 3.23. The number of nitrogens with zero attached hydrogens (tertiary/aromatic N) is 2. The maximum atomic E-state index is 13.5. The van der Waals surface area contributed by atoms with Crippen LogP contribution in [0.5, 0.6) is 0 Å². The molecule has 4 nitrogen and oxygen atoms in total. The van der Waals surface area contributed by atoms with E-state index in [1.807, 2.05) is 0 Å². The highest BCUT2D eigenvalue weighted by Crippen LogP contribution is 2.38. The van der Waals surface area contributed by atoms with E-state index in [9.17, 15) is 8.78 Å². The van der Waals surface area contributed by atoms with Crippen molar-refractivity contribution in [2.45, 2.75) is 25.3 Å². The predicted octanol–water partition coefficient (Wildman–Crippen LogP) is 2.83. The van der Waals surface area contributed by atoms with Gasteiger partial charge in [0.05, 0.1) is 0 Å². The number of nitrogen functional groups attached to an aromatic ring is 1. The van der Waals surface area contributed by atoms with Crippen LogP contribution in [0.3, 0.4) is 0 Å². The summed E-state index contributed by atoms with van der Waals surface area (Å²) in [6, 6.07) is 4.95. The molecular formula is C14H14F2N4. The molecule has 1 aromatic heterocycles. The molecule has 0 bridgehead atoms. The molecule has 0 saturated heterocycles. The van der Waals surface area contributed by atoms with Gasteiger partial charge < -0.3 is 11.1 Å². The summed E-state index contributed by atoms with van der Waals surface area (Å²) >= 11 is 0. The normalized spacial score (nSPS) is 14.3. The minimum absolute atomic E-state index is 0.143. The molecule has 20 heavy (non-hydrogen) atoms. The largest absolute Gasteiger partial charge is 0.384 e. The number of nitrogens with one attached hydrogen (secondary N) is 1. The molecule has 0 radical (unpaired) electrons. The van der Waals surface area contributed by atoms with Crippen molar-refractivity contribution in [2.75, 3.05) is 11.1 Å². The van der Waals surface area contributed by atoms with E-state index in [1.165, 1.54) is 0 Å². The topological polar surface area (TPSA) is 63.8 Å². The fourth-order valence-corrected chi connectivity index (χ4v) is 1.96. The molecule has 6 heteroatoms. The molecule has 0 amide bonds. The quantitative estimate of drug-likeness (QED) is 0.901. The fourth-order valence-electron chi connectivity index (χ4n) is 1.96. The van der Waals surface area contributed by atoms with Crippen LogP contribution >= 0.6 is 0 Å². The summed E-state index contributed by atoms with van der Waals surface area (Å²) in [6.07, 6.45) is 2.14. The lowest BCUT2D eigenvalue weighted by Gasteiger charge is -2.09. The summed E-state index contributed by atoms with van der Waals surface area (Å²) < 4.78 is 26.6. The molecule has 0 spiro atoms. The molecule has 2 aromatic rings. The van der Waals surface area contributed by atoms with Gasteiger partial charge in [0.25, 0.3) is 0 Å².